The van der Waals surface area contributed by atoms with Crippen molar-refractivity contribution >= 4 is 45.8 Å². The molecule has 0 saturated carbocycles. The van der Waals surface area contributed by atoms with Crippen LogP contribution in [-0.4, -0.2) is 24.5 Å². The van der Waals surface area contributed by atoms with Gasteiger partial charge in [-0.05, 0) is 51.8 Å². The molecule has 0 saturated heterocycles. The molecule has 2 aromatic rings. The summed E-state index contributed by atoms with van der Waals surface area (Å²) in [5.41, 5.74) is 1.40. The molecule has 0 fully saturated rings. The zero-order valence-corrected chi connectivity index (χ0v) is 14.9. The maximum atomic E-state index is 12.0. The predicted molar refractivity (Wildman–Crippen MR) is 96.2 cm³/mol. The summed E-state index contributed by atoms with van der Waals surface area (Å²) >= 11 is 9.11. The number of carbonyl (C=O) groups is 1. The van der Waals surface area contributed by atoms with Crippen LogP contribution in [0.4, 0.5) is 0 Å². The van der Waals surface area contributed by atoms with Crippen LogP contribution in [0.3, 0.4) is 0 Å². The van der Waals surface area contributed by atoms with Crippen molar-refractivity contribution < 1.29 is 19.5 Å². The molecule has 0 unspecified atom stereocenters. The Hall–Kier alpha value is -2.31. The second-order valence-electron chi connectivity index (χ2n) is 4.58. The van der Waals surface area contributed by atoms with E-state index in [1.807, 2.05) is 0 Å². The molecule has 0 aliphatic carbocycles. The van der Waals surface area contributed by atoms with Crippen molar-refractivity contribution in [3.63, 3.8) is 0 Å². The van der Waals surface area contributed by atoms with E-state index >= 15 is 0 Å². The first-order valence-electron chi connectivity index (χ1n) is 6.74. The van der Waals surface area contributed by atoms with Crippen molar-refractivity contribution in [3.05, 3.63) is 63.1 Å². The van der Waals surface area contributed by atoms with Crippen molar-refractivity contribution in [2.75, 3.05) is 7.11 Å². The van der Waals surface area contributed by atoms with Crippen LogP contribution in [0, 0.1) is 0 Å². The summed E-state index contributed by atoms with van der Waals surface area (Å²) in [5, 5.41) is 12.2. The molecule has 5 nitrogen and oxygen atoms in total. The number of carbonyl (C=O) groups excluding carboxylic acids is 1. The quantitative estimate of drug-likeness (QED) is 0.196. The Morgan fingerprint density at radius 3 is 2.58 bits per heavy atom. The molecule has 1 N–H and O–H groups in total. The summed E-state index contributed by atoms with van der Waals surface area (Å²) in [7, 11) is 1.45. The minimum Gasteiger partial charge on any atom is -0.493 e. The summed E-state index contributed by atoms with van der Waals surface area (Å²) in [6, 6.07) is 10.2. The smallest absolute Gasteiger partial charge is 0.336 e. The molecule has 0 atom stereocenters. The van der Waals surface area contributed by atoms with E-state index in [1.54, 1.807) is 42.5 Å². The van der Waals surface area contributed by atoms with Crippen LogP contribution in [-0.2, 0) is 4.79 Å². The third-order valence-corrected chi connectivity index (χ3v) is 3.78. The lowest BCUT2D eigenvalue weighted by atomic mass is 10.2. The maximum absolute atomic E-state index is 12.0. The monoisotopic (exact) mass is 409 g/mol. The highest BCUT2D eigenvalue weighted by Gasteiger charge is 2.14. The number of hydrogen-bond acceptors (Lipinski definition) is 5. The van der Waals surface area contributed by atoms with Gasteiger partial charge in [0, 0.05) is 16.7 Å². The third-order valence-electron chi connectivity index (χ3n) is 2.94. The highest BCUT2D eigenvalue weighted by molar-refractivity contribution is 9.10. The second kappa shape index (κ2) is 8.52. The van der Waals surface area contributed by atoms with Gasteiger partial charge in [-0.25, -0.2) is 4.79 Å². The fourth-order valence-electron chi connectivity index (χ4n) is 1.85. The van der Waals surface area contributed by atoms with E-state index in [1.165, 1.54) is 19.4 Å². The SMILES string of the molecule is COc1cc(/C=N/O)cc(Br)c1OC(=O)/C=C/c1ccc(Cl)cc1. The molecule has 24 heavy (non-hydrogen) atoms. The molecule has 2 rings (SSSR count). The van der Waals surface area contributed by atoms with Crippen LogP contribution in [0.1, 0.15) is 11.1 Å². The molecule has 124 valence electrons. The lowest BCUT2D eigenvalue weighted by Crippen LogP contribution is -2.06. The summed E-state index contributed by atoms with van der Waals surface area (Å²) in [6.45, 7) is 0. The van der Waals surface area contributed by atoms with Gasteiger partial charge >= 0.3 is 5.97 Å². The summed E-state index contributed by atoms with van der Waals surface area (Å²) in [4.78, 5) is 12.0. The van der Waals surface area contributed by atoms with Crippen LogP contribution in [0.25, 0.3) is 6.08 Å². The molecule has 0 radical (unpaired) electrons. The van der Waals surface area contributed by atoms with Crippen LogP contribution in [0.5, 0.6) is 11.5 Å². The van der Waals surface area contributed by atoms with Gasteiger partial charge in [0.25, 0.3) is 0 Å². The van der Waals surface area contributed by atoms with Crippen molar-refractivity contribution in [1.29, 1.82) is 0 Å². The van der Waals surface area contributed by atoms with E-state index in [0.717, 1.165) is 5.56 Å². The Morgan fingerprint density at radius 1 is 1.25 bits per heavy atom. The molecule has 0 amide bonds. The minimum atomic E-state index is -0.562. The van der Waals surface area contributed by atoms with Crippen LogP contribution >= 0.6 is 27.5 Å². The van der Waals surface area contributed by atoms with Gasteiger partial charge in [-0.3, -0.25) is 0 Å². The molecule has 0 aromatic heterocycles. The fourth-order valence-corrected chi connectivity index (χ4v) is 2.52. The van der Waals surface area contributed by atoms with Gasteiger partial charge in [0.15, 0.2) is 11.5 Å². The lowest BCUT2D eigenvalue weighted by molar-refractivity contribution is -0.129. The van der Waals surface area contributed by atoms with Crippen LogP contribution < -0.4 is 9.47 Å². The van der Waals surface area contributed by atoms with Gasteiger partial charge in [0.05, 0.1) is 17.8 Å². The van der Waals surface area contributed by atoms with Crippen molar-refractivity contribution in [2.45, 2.75) is 0 Å². The molecule has 7 heteroatoms. The van der Waals surface area contributed by atoms with Crippen molar-refractivity contribution in [3.8, 4) is 11.5 Å². The first kappa shape index (κ1) is 18.0. The standard InChI is InChI=1S/C17H13BrClNO4/c1-23-15-9-12(10-20-22)8-14(18)17(15)24-16(21)7-4-11-2-5-13(19)6-3-11/h2-10,22H,1H3/b7-4+,20-10+. The van der Waals surface area contributed by atoms with Gasteiger partial charge in [0.1, 0.15) is 0 Å². The lowest BCUT2D eigenvalue weighted by Gasteiger charge is -2.10. The van der Waals surface area contributed by atoms with Gasteiger partial charge in [0.2, 0.25) is 0 Å². The molecule has 2 aromatic carbocycles. The number of halogens is 2. The maximum Gasteiger partial charge on any atom is 0.336 e. The van der Waals surface area contributed by atoms with Crippen molar-refractivity contribution in [1.82, 2.24) is 0 Å². The average Bonchev–Trinajstić information content (AvgIpc) is 2.56. The number of ether oxygens (including phenoxy) is 2. The Bertz CT molecular complexity index is 788. The highest BCUT2D eigenvalue weighted by Crippen LogP contribution is 2.36. The highest BCUT2D eigenvalue weighted by atomic mass is 79.9. The fraction of sp³-hybridized carbons (Fsp3) is 0.0588. The predicted octanol–water partition coefficient (Wildman–Crippen LogP) is 4.54. The van der Waals surface area contributed by atoms with Crippen LogP contribution in [0.15, 0.2) is 52.1 Å². The molecular weight excluding hydrogens is 398 g/mol. The van der Waals surface area contributed by atoms with E-state index in [4.69, 9.17) is 26.3 Å². The van der Waals surface area contributed by atoms with Gasteiger partial charge in [-0.2, -0.15) is 0 Å². The van der Waals surface area contributed by atoms with Gasteiger partial charge < -0.3 is 14.7 Å². The normalized spacial score (nSPS) is 11.1. The van der Waals surface area contributed by atoms with E-state index in [0.29, 0.717) is 20.8 Å². The average molecular weight is 411 g/mol. The molecule has 0 aliphatic heterocycles. The molecule has 0 heterocycles. The minimum absolute atomic E-state index is 0.235. The molecule has 0 aliphatic rings. The zero-order valence-electron chi connectivity index (χ0n) is 12.6. The molecular formula is C17H13BrClNO4. The van der Waals surface area contributed by atoms with E-state index in [-0.39, 0.29) is 5.75 Å². The van der Waals surface area contributed by atoms with Crippen LogP contribution in [0.2, 0.25) is 5.02 Å². The Kier molecular flexibility index (Phi) is 6.40. The summed E-state index contributed by atoms with van der Waals surface area (Å²) in [5.74, 6) is -0.00149. The number of rotatable bonds is 5. The van der Waals surface area contributed by atoms with Gasteiger partial charge in [-0.15, -0.1) is 0 Å². The number of methoxy groups -OCH3 is 1. The van der Waals surface area contributed by atoms with E-state index < -0.39 is 5.97 Å². The molecule has 0 spiro atoms. The summed E-state index contributed by atoms with van der Waals surface area (Å²) < 4.78 is 11.0. The topological polar surface area (TPSA) is 68.1 Å². The zero-order chi connectivity index (χ0) is 17.5. The Balaban J connectivity index is 2.17. The first-order valence-corrected chi connectivity index (χ1v) is 7.91. The van der Waals surface area contributed by atoms with E-state index in [9.17, 15) is 4.79 Å². The Labute approximate surface area is 152 Å². The summed E-state index contributed by atoms with van der Waals surface area (Å²) in [6.07, 6.45) is 4.16. The number of benzene rings is 2. The third kappa shape index (κ3) is 4.84. The number of hydrogen-bond donors (Lipinski definition) is 1. The number of nitrogens with zero attached hydrogens (tertiary/aromatic N) is 1. The molecule has 0 bridgehead atoms. The number of esters is 1. The van der Waals surface area contributed by atoms with E-state index in [2.05, 4.69) is 21.1 Å². The second-order valence-corrected chi connectivity index (χ2v) is 5.88. The van der Waals surface area contributed by atoms with Crippen molar-refractivity contribution in [2.24, 2.45) is 5.16 Å². The Morgan fingerprint density at radius 2 is 1.96 bits per heavy atom. The largest absolute Gasteiger partial charge is 0.493 e. The first-order chi connectivity index (χ1) is 11.5. The number of oxime groups is 1. The van der Waals surface area contributed by atoms with Gasteiger partial charge in [-0.1, -0.05) is 28.9 Å².